The number of carbonyl (C=O) groups excluding carboxylic acids is 2. The predicted molar refractivity (Wildman–Crippen MR) is 79.7 cm³/mol. The minimum absolute atomic E-state index is 0.202. The highest BCUT2D eigenvalue weighted by Crippen LogP contribution is 2.17. The second-order valence-corrected chi connectivity index (χ2v) is 5.09. The van der Waals surface area contributed by atoms with E-state index in [1.54, 1.807) is 31.2 Å². The molecule has 1 amide bonds. The average Bonchev–Trinajstić information content (AvgIpc) is 2.45. The minimum Gasteiger partial charge on any atom is -0.461 e. The Labute approximate surface area is 125 Å². The number of nitrogens with one attached hydrogen (secondary N) is 1. The summed E-state index contributed by atoms with van der Waals surface area (Å²) in [6, 6.07) is 8.10. The predicted octanol–water partition coefficient (Wildman–Crippen LogP) is 3.06. The van der Waals surface area contributed by atoms with E-state index in [2.05, 4.69) is 5.32 Å². The number of hydrogen-bond donors (Lipinski definition) is 1. The van der Waals surface area contributed by atoms with Crippen molar-refractivity contribution < 1.29 is 19.1 Å². The Kier molecular flexibility index (Phi) is 6.72. The summed E-state index contributed by atoms with van der Waals surface area (Å²) in [5.41, 5.74) is 0.659. The quantitative estimate of drug-likeness (QED) is 0.819. The molecule has 1 unspecified atom stereocenters. The number of esters is 1. The maximum absolute atomic E-state index is 12.3. The molecular weight excluding hydrogens is 270 g/mol. The van der Waals surface area contributed by atoms with Gasteiger partial charge in [0.1, 0.15) is 6.10 Å². The Balaban J connectivity index is 2.86. The number of benzene rings is 1. The van der Waals surface area contributed by atoms with Crippen molar-refractivity contribution in [2.45, 2.75) is 39.8 Å². The van der Waals surface area contributed by atoms with E-state index in [1.807, 2.05) is 26.8 Å². The molecule has 0 bridgehead atoms. The molecule has 0 heterocycles. The van der Waals surface area contributed by atoms with E-state index < -0.39 is 18.1 Å². The van der Waals surface area contributed by atoms with Crippen LogP contribution in [-0.4, -0.2) is 24.8 Å². The highest BCUT2D eigenvalue weighted by Gasteiger charge is 2.26. The molecule has 116 valence electrons. The molecule has 0 aliphatic rings. The Hall–Kier alpha value is -2.04. The summed E-state index contributed by atoms with van der Waals surface area (Å²) in [5.74, 6) is -0.289. The van der Waals surface area contributed by atoms with Crippen LogP contribution in [0.5, 0.6) is 0 Å². The molecular formula is C16H23NO4. The number of ether oxygens (including phenoxy) is 2. The van der Waals surface area contributed by atoms with Gasteiger partial charge in [-0.2, -0.15) is 0 Å². The van der Waals surface area contributed by atoms with Gasteiger partial charge in [0.15, 0.2) is 6.04 Å². The van der Waals surface area contributed by atoms with Crippen molar-refractivity contribution in [3.8, 4) is 0 Å². The van der Waals surface area contributed by atoms with Gasteiger partial charge in [0, 0.05) is 0 Å². The molecule has 1 N–H and O–H groups in total. The van der Waals surface area contributed by atoms with Crippen LogP contribution < -0.4 is 5.32 Å². The molecule has 0 fully saturated rings. The summed E-state index contributed by atoms with van der Waals surface area (Å²) in [5, 5.41) is 2.54. The average molecular weight is 293 g/mol. The maximum Gasteiger partial charge on any atom is 0.408 e. The molecule has 0 saturated carbocycles. The lowest BCUT2D eigenvalue weighted by Gasteiger charge is -2.22. The first-order chi connectivity index (χ1) is 9.95. The van der Waals surface area contributed by atoms with Gasteiger partial charge in [-0.25, -0.2) is 9.59 Å². The molecule has 21 heavy (non-hydrogen) atoms. The van der Waals surface area contributed by atoms with Crippen molar-refractivity contribution in [2.24, 2.45) is 5.92 Å². The Morgan fingerprint density at radius 1 is 1.14 bits per heavy atom. The van der Waals surface area contributed by atoms with Gasteiger partial charge in [0.05, 0.1) is 6.61 Å². The van der Waals surface area contributed by atoms with E-state index in [0.717, 1.165) is 0 Å². The van der Waals surface area contributed by atoms with Crippen molar-refractivity contribution in [1.82, 2.24) is 5.32 Å². The van der Waals surface area contributed by atoms with Crippen LogP contribution in [0, 0.1) is 5.92 Å². The number of rotatable bonds is 6. The summed E-state index contributed by atoms with van der Waals surface area (Å²) in [4.78, 5) is 23.9. The summed E-state index contributed by atoms with van der Waals surface area (Å²) >= 11 is 0. The Bertz CT molecular complexity index is 459. The molecule has 0 spiro atoms. The third-order valence-corrected chi connectivity index (χ3v) is 3.15. The van der Waals surface area contributed by atoms with E-state index in [1.165, 1.54) is 0 Å². The number of alkyl carbamates (subject to hydrolysis) is 1. The van der Waals surface area contributed by atoms with Crippen LogP contribution in [0.3, 0.4) is 0 Å². The number of hydrogen-bond acceptors (Lipinski definition) is 4. The molecule has 2 atom stereocenters. The van der Waals surface area contributed by atoms with E-state index in [9.17, 15) is 9.59 Å². The largest absolute Gasteiger partial charge is 0.461 e. The Morgan fingerprint density at radius 2 is 1.76 bits per heavy atom. The summed E-state index contributed by atoms with van der Waals surface area (Å²) in [6.45, 7) is 7.71. The van der Waals surface area contributed by atoms with Crippen LogP contribution in [0.4, 0.5) is 4.79 Å². The molecule has 0 aromatic heterocycles. The van der Waals surface area contributed by atoms with Crippen LogP contribution in [-0.2, 0) is 14.3 Å². The van der Waals surface area contributed by atoms with Gasteiger partial charge in [0.2, 0.25) is 0 Å². The van der Waals surface area contributed by atoms with E-state index >= 15 is 0 Å². The van der Waals surface area contributed by atoms with Crippen molar-refractivity contribution in [3.05, 3.63) is 35.9 Å². The van der Waals surface area contributed by atoms with Gasteiger partial charge < -0.3 is 14.8 Å². The zero-order chi connectivity index (χ0) is 15.8. The monoisotopic (exact) mass is 293 g/mol. The highest BCUT2D eigenvalue weighted by molar-refractivity contribution is 5.82. The zero-order valence-electron chi connectivity index (χ0n) is 13.0. The van der Waals surface area contributed by atoms with E-state index in [4.69, 9.17) is 9.47 Å². The molecule has 1 aromatic carbocycles. The van der Waals surface area contributed by atoms with Crippen LogP contribution in [0.1, 0.15) is 39.3 Å². The first kappa shape index (κ1) is 17.0. The van der Waals surface area contributed by atoms with Gasteiger partial charge in [-0.1, -0.05) is 44.2 Å². The van der Waals surface area contributed by atoms with Crippen molar-refractivity contribution >= 4 is 12.1 Å². The van der Waals surface area contributed by atoms with Crippen molar-refractivity contribution in [1.29, 1.82) is 0 Å². The summed E-state index contributed by atoms with van der Waals surface area (Å²) in [6.07, 6.45) is -0.867. The molecule has 0 aliphatic carbocycles. The lowest BCUT2D eigenvalue weighted by Crippen LogP contribution is -2.37. The van der Waals surface area contributed by atoms with Gasteiger partial charge in [-0.05, 0) is 25.3 Å². The highest BCUT2D eigenvalue weighted by atomic mass is 16.6. The number of carbonyl (C=O) groups is 2. The SMILES string of the molecule is CCOC(=O)NC(C(=O)O[C@H](C)C(C)C)c1ccccc1. The van der Waals surface area contributed by atoms with Gasteiger partial charge >= 0.3 is 12.1 Å². The molecule has 5 nitrogen and oxygen atoms in total. The van der Waals surface area contributed by atoms with E-state index in [0.29, 0.717) is 5.56 Å². The lowest BCUT2D eigenvalue weighted by atomic mass is 10.1. The summed E-state index contributed by atoms with van der Waals surface area (Å²) < 4.78 is 10.2. The normalized spacial score (nSPS) is 13.4. The third-order valence-electron chi connectivity index (χ3n) is 3.15. The zero-order valence-corrected chi connectivity index (χ0v) is 13.0. The fourth-order valence-corrected chi connectivity index (χ4v) is 1.60. The second kappa shape index (κ2) is 8.29. The Morgan fingerprint density at radius 3 is 2.29 bits per heavy atom. The first-order valence-electron chi connectivity index (χ1n) is 7.14. The molecule has 5 heteroatoms. The standard InChI is InChI=1S/C16H23NO4/c1-5-20-16(19)17-14(13-9-7-6-8-10-13)15(18)21-12(4)11(2)3/h6-12,14H,5H2,1-4H3,(H,17,19)/t12-,14?/m1/s1. The lowest BCUT2D eigenvalue weighted by molar-refractivity contribution is -0.152. The van der Waals surface area contributed by atoms with Crippen LogP contribution >= 0.6 is 0 Å². The van der Waals surface area contributed by atoms with Gasteiger partial charge in [-0.15, -0.1) is 0 Å². The molecule has 1 aromatic rings. The van der Waals surface area contributed by atoms with Gasteiger partial charge in [0.25, 0.3) is 0 Å². The van der Waals surface area contributed by atoms with E-state index in [-0.39, 0.29) is 18.6 Å². The third kappa shape index (κ3) is 5.45. The molecule has 0 saturated heterocycles. The van der Waals surface area contributed by atoms with Crippen molar-refractivity contribution in [3.63, 3.8) is 0 Å². The van der Waals surface area contributed by atoms with Crippen LogP contribution in [0.25, 0.3) is 0 Å². The number of amides is 1. The molecule has 0 radical (unpaired) electrons. The summed E-state index contributed by atoms with van der Waals surface area (Å²) in [7, 11) is 0. The minimum atomic E-state index is -0.869. The first-order valence-corrected chi connectivity index (χ1v) is 7.14. The van der Waals surface area contributed by atoms with Crippen LogP contribution in [0.15, 0.2) is 30.3 Å². The fourth-order valence-electron chi connectivity index (χ4n) is 1.60. The molecule has 1 rings (SSSR count). The van der Waals surface area contributed by atoms with Gasteiger partial charge in [-0.3, -0.25) is 0 Å². The topological polar surface area (TPSA) is 64.6 Å². The second-order valence-electron chi connectivity index (χ2n) is 5.09. The fraction of sp³-hybridized carbons (Fsp3) is 0.500. The van der Waals surface area contributed by atoms with Crippen molar-refractivity contribution in [2.75, 3.05) is 6.61 Å². The molecule has 0 aliphatic heterocycles. The van der Waals surface area contributed by atoms with Crippen LogP contribution in [0.2, 0.25) is 0 Å². The smallest absolute Gasteiger partial charge is 0.408 e. The maximum atomic E-state index is 12.3.